The monoisotopic (exact) mass is 290 g/mol. The van der Waals surface area contributed by atoms with E-state index in [2.05, 4.69) is 12.1 Å². The third kappa shape index (κ3) is 4.13. The maximum absolute atomic E-state index is 12.2. The van der Waals surface area contributed by atoms with Gasteiger partial charge in [0.05, 0.1) is 0 Å². The van der Waals surface area contributed by atoms with Crippen LogP contribution in [0.2, 0.25) is 0 Å². The van der Waals surface area contributed by atoms with Crippen molar-refractivity contribution >= 4 is 11.8 Å². The number of likely N-dealkylation sites (tertiary alicyclic amines) is 1. The Bertz CT molecular complexity index is 520. The lowest BCUT2D eigenvalue weighted by Gasteiger charge is -2.34. The molecule has 0 bridgehead atoms. The Balaban J connectivity index is 2.06. The Hall–Kier alpha value is -1.71. The molecule has 1 saturated heterocycles. The van der Waals surface area contributed by atoms with Crippen molar-refractivity contribution in [1.29, 1.82) is 0 Å². The fourth-order valence-corrected chi connectivity index (χ4v) is 2.65. The third-order valence-electron chi connectivity index (χ3n) is 3.85. The molecular weight excluding hydrogens is 264 g/mol. The van der Waals surface area contributed by atoms with Gasteiger partial charge in [0, 0.05) is 24.7 Å². The van der Waals surface area contributed by atoms with Crippen LogP contribution in [0.5, 0.6) is 0 Å². The van der Waals surface area contributed by atoms with Crippen molar-refractivity contribution < 1.29 is 9.53 Å². The highest BCUT2D eigenvalue weighted by atomic mass is 16.6. The molecule has 1 aliphatic heterocycles. The van der Waals surface area contributed by atoms with Crippen LogP contribution in [0.4, 0.5) is 10.5 Å². The minimum absolute atomic E-state index is 0.215. The molecule has 4 nitrogen and oxygen atoms in total. The largest absolute Gasteiger partial charge is 0.444 e. The van der Waals surface area contributed by atoms with Gasteiger partial charge >= 0.3 is 6.09 Å². The number of hydrogen-bond donors (Lipinski definition) is 1. The first kappa shape index (κ1) is 15.7. The molecule has 1 aromatic carbocycles. The van der Waals surface area contributed by atoms with Crippen molar-refractivity contribution in [1.82, 2.24) is 4.90 Å². The highest BCUT2D eigenvalue weighted by Crippen LogP contribution is 2.29. The molecule has 0 aromatic heterocycles. The van der Waals surface area contributed by atoms with Crippen molar-refractivity contribution in [3.05, 3.63) is 29.3 Å². The number of piperidine rings is 1. The summed E-state index contributed by atoms with van der Waals surface area (Å²) in [7, 11) is 0. The molecule has 116 valence electrons. The predicted octanol–water partition coefficient (Wildman–Crippen LogP) is 3.69. The number of carbonyl (C=O) groups excluding carboxylic acids is 1. The number of nitrogens with zero attached hydrogens (tertiary/aromatic N) is 1. The summed E-state index contributed by atoms with van der Waals surface area (Å²) in [5, 5.41) is 0. The quantitative estimate of drug-likeness (QED) is 0.802. The van der Waals surface area contributed by atoms with Crippen LogP contribution in [0, 0.1) is 6.92 Å². The van der Waals surface area contributed by atoms with Gasteiger partial charge in [-0.05, 0) is 57.7 Å². The second kappa shape index (κ2) is 5.96. The van der Waals surface area contributed by atoms with E-state index in [1.54, 1.807) is 0 Å². The molecule has 0 spiro atoms. The van der Waals surface area contributed by atoms with Gasteiger partial charge in [0.25, 0.3) is 0 Å². The molecule has 0 aliphatic carbocycles. The number of nitrogens with two attached hydrogens (primary N) is 1. The average Bonchev–Trinajstić information content (AvgIpc) is 2.40. The summed E-state index contributed by atoms with van der Waals surface area (Å²) in [6, 6.07) is 6.21. The van der Waals surface area contributed by atoms with E-state index in [1.807, 2.05) is 38.7 Å². The summed E-state index contributed by atoms with van der Waals surface area (Å²) in [5.41, 5.74) is 8.68. The number of carbonyl (C=O) groups is 1. The maximum Gasteiger partial charge on any atom is 0.410 e. The lowest BCUT2D eigenvalue weighted by molar-refractivity contribution is 0.0198. The van der Waals surface area contributed by atoms with Gasteiger partial charge in [0.15, 0.2) is 0 Å². The number of benzene rings is 1. The van der Waals surface area contributed by atoms with Crippen LogP contribution < -0.4 is 5.73 Å². The lowest BCUT2D eigenvalue weighted by atomic mass is 9.90. The number of ether oxygens (including phenoxy) is 1. The fraction of sp³-hybridized carbons (Fsp3) is 0.588. The van der Waals surface area contributed by atoms with Gasteiger partial charge in [0.1, 0.15) is 5.60 Å². The zero-order valence-electron chi connectivity index (χ0n) is 13.5. The minimum Gasteiger partial charge on any atom is -0.444 e. The highest BCUT2D eigenvalue weighted by molar-refractivity contribution is 5.68. The molecule has 1 aliphatic rings. The van der Waals surface area contributed by atoms with Crippen molar-refractivity contribution in [2.24, 2.45) is 0 Å². The van der Waals surface area contributed by atoms with Crippen LogP contribution >= 0.6 is 0 Å². The van der Waals surface area contributed by atoms with Crippen molar-refractivity contribution in [2.75, 3.05) is 18.8 Å². The standard InChI is InChI=1S/C17H26N2O2/c1-12-7-8-13(10-15(12)18)14-6-5-9-19(11-14)16(20)21-17(2,3)4/h7-8,10,14H,5-6,9,11,18H2,1-4H3. The van der Waals surface area contributed by atoms with E-state index >= 15 is 0 Å². The lowest BCUT2D eigenvalue weighted by Crippen LogP contribution is -2.42. The summed E-state index contributed by atoms with van der Waals surface area (Å²) in [4.78, 5) is 14.0. The molecule has 1 unspecified atom stereocenters. The molecule has 2 N–H and O–H groups in total. The number of amides is 1. The smallest absolute Gasteiger partial charge is 0.410 e. The van der Waals surface area contributed by atoms with Crippen LogP contribution in [0.25, 0.3) is 0 Å². The SMILES string of the molecule is Cc1ccc(C2CCCN(C(=O)OC(C)(C)C)C2)cc1N. The van der Waals surface area contributed by atoms with Crippen LogP contribution in [0.3, 0.4) is 0 Å². The van der Waals surface area contributed by atoms with E-state index in [0.717, 1.165) is 30.6 Å². The Labute approximate surface area is 127 Å². The van der Waals surface area contributed by atoms with Crippen LogP contribution in [0.15, 0.2) is 18.2 Å². The number of aryl methyl sites for hydroxylation is 1. The van der Waals surface area contributed by atoms with Gasteiger partial charge in [0.2, 0.25) is 0 Å². The molecule has 1 fully saturated rings. The van der Waals surface area contributed by atoms with Crippen molar-refractivity contribution in [2.45, 2.75) is 52.1 Å². The van der Waals surface area contributed by atoms with Gasteiger partial charge in [-0.2, -0.15) is 0 Å². The van der Waals surface area contributed by atoms with E-state index in [1.165, 1.54) is 5.56 Å². The summed E-state index contributed by atoms with van der Waals surface area (Å²) in [6.07, 6.45) is 1.87. The second-order valence-corrected chi connectivity index (χ2v) is 6.88. The number of rotatable bonds is 1. The Morgan fingerprint density at radius 1 is 1.38 bits per heavy atom. The Morgan fingerprint density at radius 3 is 2.71 bits per heavy atom. The highest BCUT2D eigenvalue weighted by Gasteiger charge is 2.28. The zero-order chi connectivity index (χ0) is 15.6. The first-order valence-corrected chi connectivity index (χ1v) is 7.60. The molecule has 1 atom stereocenters. The third-order valence-corrected chi connectivity index (χ3v) is 3.85. The zero-order valence-corrected chi connectivity index (χ0v) is 13.5. The van der Waals surface area contributed by atoms with Crippen molar-refractivity contribution in [3.8, 4) is 0 Å². The van der Waals surface area contributed by atoms with Crippen molar-refractivity contribution in [3.63, 3.8) is 0 Å². The topological polar surface area (TPSA) is 55.6 Å². The van der Waals surface area contributed by atoms with E-state index in [9.17, 15) is 4.79 Å². The van der Waals surface area contributed by atoms with E-state index < -0.39 is 5.60 Å². The molecule has 1 heterocycles. The molecule has 0 radical (unpaired) electrons. The molecule has 21 heavy (non-hydrogen) atoms. The van der Waals surface area contributed by atoms with Gasteiger partial charge in [-0.1, -0.05) is 12.1 Å². The van der Waals surface area contributed by atoms with Gasteiger partial charge in [-0.15, -0.1) is 0 Å². The Kier molecular flexibility index (Phi) is 4.45. The number of hydrogen-bond acceptors (Lipinski definition) is 3. The fourth-order valence-electron chi connectivity index (χ4n) is 2.65. The van der Waals surface area contributed by atoms with Gasteiger partial charge in [-0.3, -0.25) is 0 Å². The summed E-state index contributed by atoms with van der Waals surface area (Å²) in [5.74, 6) is 0.342. The van der Waals surface area contributed by atoms with E-state index in [-0.39, 0.29) is 6.09 Å². The normalized spacial score (nSPS) is 19.4. The molecule has 4 heteroatoms. The first-order chi connectivity index (χ1) is 9.76. The Morgan fingerprint density at radius 2 is 2.10 bits per heavy atom. The second-order valence-electron chi connectivity index (χ2n) is 6.88. The maximum atomic E-state index is 12.2. The first-order valence-electron chi connectivity index (χ1n) is 7.60. The number of nitrogen functional groups attached to an aromatic ring is 1. The molecule has 0 saturated carbocycles. The minimum atomic E-state index is -0.446. The van der Waals surface area contributed by atoms with Crippen LogP contribution in [-0.4, -0.2) is 29.7 Å². The predicted molar refractivity (Wildman–Crippen MR) is 85.4 cm³/mol. The van der Waals surface area contributed by atoms with Gasteiger partial charge in [-0.25, -0.2) is 4.79 Å². The molecule has 1 amide bonds. The van der Waals surface area contributed by atoms with Crippen LogP contribution in [-0.2, 0) is 4.74 Å². The molecular formula is C17H26N2O2. The van der Waals surface area contributed by atoms with E-state index in [0.29, 0.717) is 12.5 Å². The summed E-state index contributed by atoms with van der Waals surface area (Å²) >= 11 is 0. The van der Waals surface area contributed by atoms with Crippen LogP contribution in [0.1, 0.15) is 50.7 Å². The van der Waals surface area contributed by atoms with E-state index in [4.69, 9.17) is 10.5 Å². The summed E-state index contributed by atoms with van der Waals surface area (Å²) < 4.78 is 5.47. The average molecular weight is 290 g/mol. The summed E-state index contributed by atoms with van der Waals surface area (Å²) in [6.45, 7) is 9.17. The van der Waals surface area contributed by atoms with Gasteiger partial charge < -0.3 is 15.4 Å². The number of anilines is 1. The molecule has 2 rings (SSSR count). The molecule has 1 aromatic rings.